The maximum atomic E-state index is 12.4. The van der Waals surface area contributed by atoms with Crippen LogP contribution in [0.3, 0.4) is 0 Å². The van der Waals surface area contributed by atoms with Crippen molar-refractivity contribution in [1.29, 1.82) is 0 Å². The van der Waals surface area contributed by atoms with Gasteiger partial charge >= 0.3 is 12.3 Å². The number of alkyl halides is 3. The van der Waals surface area contributed by atoms with Crippen molar-refractivity contribution < 1.29 is 37.3 Å². The predicted octanol–water partition coefficient (Wildman–Crippen LogP) is 3.70. The monoisotopic (exact) mass is 379 g/mol. The molecule has 0 saturated heterocycles. The van der Waals surface area contributed by atoms with E-state index in [1.54, 1.807) is 6.07 Å². The summed E-state index contributed by atoms with van der Waals surface area (Å²) in [4.78, 5) is 23.6. The Labute approximate surface area is 150 Å². The third kappa shape index (κ3) is 4.38. The molecule has 2 N–H and O–H groups in total. The minimum atomic E-state index is -4.84. The van der Waals surface area contributed by atoms with E-state index < -0.39 is 24.0 Å². The third-order valence-electron chi connectivity index (χ3n) is 3.63. The molecule has 0 spiro atoms. The van der Waals surface area contributed by atoms with Crippen molar-refractivity contribution in [2.45, 2.75) is 6.36 Å². The molecule has 0 aromatic heterocycles. The fourth-order valence-corrected chi connectivity index (χ4v) is 2.47. The van der Waals surface area contributed by atoms with E-state index in [1.165, 1.54) is 30.3 Å². The van der Waals surface area contributed by atoms with Gasteiger partial charge in [0.2, 0.25) is 0 Å². The first-order chi connectivity index (χ1) is 12.7. The lowest BCUT2D eigenvalue weighted by atomic mass is 10.1. The van der Waals surface area contributed by atoms with Crippen molar-refractivity contribution in [1.82, 2.24) is 0 Å². The summed E-state index contributed by atoms with van der Waals surface area (Å²) in [7, 11) is 0. The summed E-state index contributed by atoms with van der Waals surface area (Å²) in [6.07, 6.45) is -3.48. The number of benzene rings is 2. The van der Waals surface area contributed by atoms with Crippen molar-refractivity contribution in [3.05, 3.63) is 59.2 Å². The number of nitrogens with one attached hydrogen (secondary N) is 1. The Balaban J connectivity index is 1.84. The van der Waals surface area contributed by atoms with Crippen molar-refractivity contribution in [2.75, 3.05) is 11.9 Å². The first-order valence-electron chi connectivity index (χ1n) is 7.60. The zero-order valence-electron chi connectivity index (χ0n) is 13.5. The fourth-order valence-electron chi connectivity index (χ4n) is 2.47. The topological polar surface area (TPSA) is 84.9 Å². The number of rotatable bonds is 4. The quantitative estimate of drug-likeness (QED) is 0.846. The number of carbonyl (C=O) groups is 2. The first kappa shape index (κ1) is 18.3. The summed E-state index contributed by atoms with van der Waals surface area (Å²) >= 11 is 0. The Kier molecular flexibility index (Phi) is 4.76. The highest BCUT2D eigenvalue weighted by molar-refractivity contribution is 6.10. The molecule has 1 amide bonds. The molecule has 140 valence electrons. The van der Waals surface area contributed by atoms with Crippen LogP contribution in [0.1, 0.15) is 15.9 Å². The Hall–Kier alpha value is -3.49. The molecule has 3 rings (SSSR count). The molecule has 2 aromatic rings. The molecule has 2 aromatic carbocycles. The first-order valence-corrected chi connectivity index (χ1v) is 7.60. The number of carboxylic acids is 1. The largest absolute Gasteiger partial charge is 0.573 e. The standard InChI is InChI=1S/C18H12F3NO5/c19-18(20,21)27-12-5-6-15-10(8-12)7-11(9-26-15)16(23)22-14-4-2-1-3-13(14)17(24)25/h1-8H,9H2,(H,22,23)(H,24,25). The van der Waals surface area contributed by atoms with Gasteiger partial charge in [0.05, 0.1) is 16.8 Å². The highest BCUT2D eigenvalue weighted by Crippen LogP contribution is 2.32. The Morgan fingerprint density at radius 1 is 1.15 bits per heavy atom. The Morgan fingerprint density at radius 3 is 2.59 bits per heavy atom. The summed E-state index contributed by atoms with van der Waals surface area (Å²) in [5.74, 6) is -1.98. The van der Waals surface area contributed by atoms with E-state index in [4.69, 9.17) is 9.84 Å². The van der Waals surface area contributed by atoms with Gasteiger partial charge in [0.1, 0.15) is 18.1 Å². The van der Waals surface area contributed by atoms with Crippen molar-refractivity contribution >= 4 is 23.6 Å². The molecule has 1 aliphatic heterocycles. The van der Waals surface area contributed by atoms with Crippen LogP contribution in [0, 0.1) is 0 Å². The van der Waals surface area contributed by atoms with Crippen LogP contribution in [0.15, 0.2) is 48.0 Å². The van der Waals surface area contributed by atoms with E-state index in [-0.39, 0.29) is 29.0 Å². The second-order valence-corrected chi connectivity index (χ2v) is 5.51. The maximum Gasteiger partial charge on any atom is 0.573 e. The van der Waals surface area contributed by atoms with Crippen LogP contribution >= 0.6 is 0 Å². The molecule has 0 fully saturated rings. The number of anilines is 1. The number of amides is 1. The van der Waals surface area contributed by atoms with Gasteiger partial charge in [-0.25, -0.2) is 4.79 Å². The normalized spacial score (nSPS) is 13.1. The lowest BCUT2D eigenvalue weighted by molar-refractivity contribution is -0.274. The molecular weight excluding hydrogens is 367 g/mol. The number of aromatic carboxylic acids is 1. The minimum Gasteiger partial charge on any atom is -0.488 e. The summed E-state index contributed by atoms with van der Waals surface area (Å²) in [6.45, 7) is -0.118. The van der Waals surface area contributed by atoms with Gasteiger partial charge in [-0.1, -0.05) is 12.1 Å². The van der Waals surface area contributed by atoms with Crippen molar-refractivity contribution in [3.63, 3.8) is 0 Å². The number of carboxylic acid groups (broad SMARTS) is 1. The van der Waals surface area contributed by atoms with Gasteiger partial charge in [0.15, 0.2) is 0 Å². The molecule has 9 heteroatoms. The molecule has 0 bridgehead atoms. The maximum absolute atomic E-state index is 12.4. The number of halogens is 3. The minimum absolute atomic E-state index is 0.0931. The SMILES string of the molecule is O=C(Nc1ccccc1C(=O)O)C1=Cc2cc(OC(F)(F)F)ccc2OC1. The van der Waals surface area contributed by atoms with Gasteiger partial charge in [-0.05, 0) is 36.4 Å². The second kappa shape index (κ2) is 7.02. The molecule has 27 heavy (non-hydrogen) atoms. The van der Waals surface area contributed by atoms with Crippen molar-refractivity contribution in [3.8, 4) is 11.5 Å². The molecule has 0 aliphatic carbocycles. The predicted molar refractivity (Wildman–Crippen MR) is 88.6 cm³/mol. The molecular formula is C18H12F3NO5. The van der Waals surface area contributed by atoms with Crippen LogP contribution < -0.4 is 14.8 Å². The van der Waals surface area contributed by atoms with Gasteiger partial charge < -0.3 is 19.9 Å². The smallest absolute Gasteiger partial charge is 0.488 e. The number of hydrogen-bond acceptors (Lipinski definition) is 4. The van der Waals surface area contributed by atoms with Crippen LogP contribution in [0.2, 0.25) is 0 Å². The fraction of sp³-hybridized carbons (Fsp3) is 0.111. The van der Waals surface area contributed by atoms with Crippen LogP contribution in [0.4, 0.5) is 18.9 Å². The zero-order valence-corrected chi connectivity index (χ0v) is 13.5. The lowest BCUT2D eigenvalue weighted by Crippen LogP contribution is -2.22. The van der Waals surface area contributed by atoms with E-state index in [0.717, 1.165) is 12.1 Å². The number of ether oxygens (including phenoxy) is 2. The van der Waals surface area contributed by atoms with E-state index in [0.29, 0.717) is 5.75 Å². The number of carbonyl (C=O) groups excluding carboxylic acids is 1. The summed E-state index contributed by atoms with van der Waals surface area (Å²) in [5.41, 5.74) is 0.354. The van der Waals surface area contributed by atoms with Gasteiger partial charge in [0.25, 0.3) is 5.91 Å². The third-order valence-corrected chi connectivity index (χ3v) is 3.63. The van der Waals surface area contributed by atoms with Crippen LogP contribution in [-0.2, 0) is 4.79 Å². The van der Waals surface area contributed by atoms with Gasteiger partial charge in [0, 0.05) is 5.56 Å². The molecule has 1 heterocycles. The number of fused-ring (bicyclic) bond motifs is 1. The molecule has 6 nitrogen and oxygen atoms in total. The Morgan fingerprint density at radius 2 is 1.89 bits per heavy atom. The average Bonchev–Trinajstić information content (AvgIpc) is 2.60. The van der Waals surface area contributed by atoms with E-state index in [2.05, 4.69) is 10.1 Å². The summed E-state index contributed by atoms with van der Waals surface area (Å²) in [6, 6.07) is 9.34. The highest BCUT2D eigenvalue weighted by atomic mass is 19.4. The van der Waals surface area contributed by atoms with Crippen LogP contribution in [0.25, 0.3) is 6.08 Å². The molecule has 1 aliphatic rings. The van der Waals surface area contributed by atoms with E-state index in [9.17, 15) is 22.8 Å². The van der Waals surface area contributed by atoms with Crippen molar-refractivity contribution in [2.24, 2.45) is 0 Å². The highest BCUT2D eigenvalue weighted by Gasteiger charge is 2.31. The second-order valence-electron chi connectivity index (χ2n) is 5.51. The van der Waals surface area contributed by atoms with Crippen LogP contribution in [0.5, 0.6) is 11.5 Å². The van der Waals surface area contributed by atoms with Gasteiger partial charge in [-0.2, -0.15) is 0 Å². The van der Waals surface area contributed by atoms with Gasteiger partial charge in [-0.15, -0.1) is 13.2 Å². The summed E-state index contributed by atoms with van der Waals surface area (Å²) in [5, 5.41) is 11.6. The lowest BCUT2D eigenvalue weighted by Gasteiger charge is -2.19. The molecule has 0 unspecified atom stereocenters. The molecule has 0 radical (unpaired) electrons. The average molecular weight is 379 g/mol. The Bertz CT molecular complexity index is 937. The van der Waals surface area contributed by atoms with E-state index >= 15 is 0 Å². The molecule has 0 atom stereocenters. The number of hydrogen-bond donors (Lipinski definition) is 2. The van der Waals surface area contributed by atoms with Crippen LogP contribution in [-0.4, -0.2) is 30.0 Å². The molecule has 0 saturated carbocycles. The van der Waals surface area contributed by atoms with E-state index in [1.807, 2.05) is 0 Å². The zero-order chi connectivity index (χ0) is 19.6. The number of para-hydroxylation sites is 1. The summed E-state index contributed by atoms with van der Waals surface area (Å²) < 4.78 is 46.3. The van der Waals surface area contributed by atoms with Gasteiger partial charge in [-0.3, -0.25) is 4.79 Å².